The van der Waals surface area contributed by atoms with Gasteiger partial charge >= 0.3 is 5.97 Å². The molecule has 1 heterocycles. The van der Waals surface area contributed by atoms with Crippen molar-refractivity contribution in [2.24, 2.45) is 0 Å². The first-order valence-corrected chi connectivity index (χ1v) is 5.54. The molecule has 1 aromatic rings. The van der Waals surface area contributed by atoms with Crippen molar-refractivity contribution in [2.45, 2.75) is 6.92 Å². The fraction of sp³-hybridized carbons (Fsp3) is 0.333. The number of hydrogen-bond acceptors (Lipinski definition) is 4. The van der Waals surface area contributed by atoms with E-state index in [-0.39, 0.29) is 5.97 Å². The zero-order valence-electron chi connectivity index (χ0n) is 8.71. The second kappa shape index (κ2) is 5.09. The van der Waals surface area contributed by atoms with Gasteiger partial charge in [-0.1, -0.05) is 0 Å². The molecule has 0 aliphatic carbocycles. The Kier molecular flexibility index (Phi) is 4.05. The molecule has 1 rings (SSSR count). The number of aryl methyl sites for hydroxylation is 1. The van der Waals surface area contributed by atoms with Gasteiger partial charge in [-0.15, -0.1) is 11.3 Å². The zero-order valence-corrected chi connectivity index (χ0v) is 10.3. The quantitative estimate of drug-likeness (QED) is 0.613. The number of methoxy groups -OCH3 is 1. The van der Waals surface area contributed by atoms with E-state index in [1.807, 2.05) is 12.3 Å². The number of hydrogen-bond donors (Lipinski definition) is 2. The standard InChI is InChI=1S/C9H12N2O2S2/c1-5-4-15-7(8(12)13-3)6(5)11-9(14)10-2/h4H,1-3H3,(H2,10,11,14). The van der Waals surface area contributed by atoms with Gasteiger partial charge in [0.25, 0.3) is 0 Å². The number of carbonyl (C=O) groups is 1. The monoisotopic (exact) mass is 244 g/mol. The van der Waals surface area contributed by atoms with Crippen LogP contribution in [0.4, 0.5) is 5.69 Å². The molecule has 15 heavy (non-hydrogen) atoms. The third-order valence-electron chi connectivity index (χ3n) is 1.81. The molecule has 6 heteroatoms. The number of thiocarbonyl (C=S) groups is 1. The Morgan fingerprint density at radius 1 is 1.60 bits per heavy atom. The molecule has 0 spiro atoms. The van der Waals surface area contributed by atoms with E-state index in [9.17, 15) is 4.79 Å². The minimum absolute atomic E-state index is 0.352. The summed E-state index contributed by atoms with van der Waals surface area (Å²) in [5.41, 5.74) is 1.68. The average molecular weight is 244 g/mol. The normalized spacial score (nSPS) is 9.53. The van der Waals surface area contributed by atoms with Crippen LogP contribution in [-0.2, 0) is 4.74 Å². The van der Waals surface area contributed by atoms with Gasteiger partial charge in [-0.3, -0.25) is 0 Å². The summed E-state index contributed by atoms with van der Waals surface area (Å²) in [5, 5.41) is 8.10. The molecule has 1 aromatic heterocycles. The van der Waals surface area contributed by atoms with Gasteiger partial charge in [-0.25, -0.2) is 4.79 Å². The lowest BCUT2D eigenvalue weighted by molar-refractivity contribution is 0.0607. The fourth-order valence-electron chi connectivity index (χ4n) is 1.02. The van der Waals surface area contributed by atoms with Crippen LogP contribution < -0.4 is 10.6 Å². The van der Waals surface area contributed by atoms with Gasteiger partial charge in [0.2, 0.25) is 0 Å². The van der Waals surface area contributed by atoms with Crippen molar-refractivity contribution in [3.63, 3.8) is 0 Å². The molecule has 0 radical (unpaired) electrons. The fourth-order valence-corrected chi connectivity index (χ4v) is 2.04. The van der Waals surface area contributed by atoms with E-state index in [4.69, 9.17) is 12.2 Å². The summed E-state index contributed by atoms with van der Waals surface area (Å²) >= 11 is 6.31. The predicted molar refractivity (Wildman–Crippen MR) is 65.7 cm³/mol. The first kappa shape index (κ1) is 11.9. The lowest BCUT2D eigenvalue weighted by Crippen LogP contribution is -2.25. The van der Waals surface area contributed by atoms with E-state index in [1.165, 1.54) is 18.4 Å². The summed E-state index contributed by atoms with van der Waals surface area (Å²) in [6.45, 7) is 1.91. The van der Waals surface area contributed by atoms with Crippen LogP contribution in [0.15, 0.2) is 5.38 Å². The Morgan fingerprint density at radius 2 is 2.27 bits per heavy atom. The van der Waals surface area contributed by atoms with Gasteiger partial charge in [0.1, 0.15) is 4.88 Å². The Balaban J connectivity index is 2.99. The molecule has 0 bridgehead atoms. The van der Waals surface area contributed by atoms with E-state index in [2.05, 4.69) is 15.4 Å². The van der Waals surface area contributed by atoms with E-state index in [0.717, 1.165) is 5.56 Å². The maximum absolute atomic E-state index is 11.4. The van der Waals surface area contributed by atoms with Crippen LogP contribution in [-0.4, -0.2) is 25.2 Å². The number of thiophene rings is 1. The first-order chi connectivity index (χ1) is 7.10. The smallest absolute Gasteiger partial charge is 0.350 e. The highest BCUT2D eigenvalue weighted by Gasteiger charge is 2.16. The zero-order chi connectivity index (χ0) is 11.4. The van der Waals surface area contributed by atoms with Crippen LogP contribution in [0.1, 0.15) is 15.2 Å². The molecule has 0 fully saturated rings. The molecule has 0 unspecified atom stereocenters. The van der Waals surface area contributed by atoms with Crippen molar-refractivity contribution in [1.82, 2.24) is 5.32 Å². The van der Waals surface area contributed by atoms with Crippen LogP contribution in [0.25, 0.3) is 0 Å². The van der Waals surface area contributed by atoms with E-state index >= 15 is 0 Å². The van der Waals surface area contributed by atoms with E-state index < -0.39 is 0 Å². The molecule has 0 aromatic carbocycles. The highest BCUT2D eigenvalue weighted by Crippen LogP contribution is 2.28. The molecule has 2 N–H and O–H groups in total. The Hall–Kier alpha value is -1.14. The molecule has 4 nitrogen and oxygen atoms in total. The summed E-state index contributed by atoms with van der Waals surface area (Å²) in [6.07, 6.45) is 0. The summed E-state index contributed by atoms with van der Waals surface area (Å²) in [6, 6.07) is 0. The minimum atomic E-state index is -0.352. The van der Waals surface area contributed by atoms with Crippen LogP contribution in [0.2, 0.25) is 0 Å². The topological polar surface area (TPSA) is 50.4 Å². The number of carbonyl (C=O) groups excluding carboxylic acids is 1. The molecule has 0 amide bonds. The van der Waals surface area contributed by atoms with Gasteiger partial charge in [0.05, 0.1) is 12.8 Å². The van der Waals surface area contributed by atoms with Crippen molar-refractivity contribution in [3.05, 3.63) is 15.8 Å². The second-order valence-corrected chi connectivity index (χ2v) is 4.11. The Bertz CT molecular complexity index is 387. The van der Waals surface area contributed by atoms with Crippen molar-refractivity contribution >= 4 is 40.3 Å². The van der Waals surface area contributed by atoms with Crippen LogP contribution in [0, 0.1) is 6.92 Å². The molecular weight excluding hydrogens is 232 g/mol. The van der Waals surface area contributed by atoms with Crippen molar-refractivity contribution in [2.75, 3.05) is 19.5 Å². The molecule has 0 atom stereocenters. The van der Waals surface area contributed by atoms with E-state index in [1.54, 1.807) is 7.05 Å². The van der Waals surface area contributed by atoms with Crippen molar-refractivity contribution in [1.29, 1.82) is 0 Å². The third-order valence-corrected chi connectivity index (χ3v) is 3.20. The minimum Gasteiger partial charge on any atom is -0.465 e. The molecule has 0 saturated heterocycles. The highest BCUT2D eigenvalue weighted by atomic mass is 32.1. The number of esters is 1. The number of rotatable bonds is 2. The van der Waals surface area contributed by atoms with Crippen LogP contribution in [0.3, 0.4) is 0 Å². The SMILES string of the molecule is CNC(=S)Nc1c(C)csc1C(=O)OC. The maximum Gasteiger partial charge on any atom is 0.350 e. The first-order valence-electron chi connectivity index (χ1n) is 4.25. The summed E-state index contributed by atoms with van der Waals surface area (Å²) in [4.78, 5) is 11.9. The van der Waals surface area contributed by atoms with Gasteiger partial charge in [0, 0.05) is 7.05 Å². The number of ether oxygens (including phenoxy) is 1. The van der Waals surface area contributed by atoms with Gasteiger partial charge < -0.3 is 15.4 Å². The van der Waals surface area contributed by atoms with Gasteiger partial charge in [-0.2, -0.15) is 0 Å². The van der Waals surface area contributed by atoms with Crippen LogP contribution >= 0.6 is 23.6 Å². The molecule has 0 aliphatic heterocycles. The third kappa shape index (κ3) is 2.66. The number of anilines is 1. The summed E-state index contributed by atoms with van der Waals surface area (Å²) in [5.74, 6) is -0.352. The van der Waals surface area contributed by atoms with Gasteiger partial charge in [0.15, 0.2) is 5.11 Å². The lowest BCUT2D eigenvalue weighted by atomic mass is 10.3. The van der Waals surface area contributed by atoms with E-state index in [0.29, 0.717) is 15.7 Å². The molecule has 0 saturated carbocycles. The largest absolute Gasteiger partial charge is 0.465 e. The summed E-state index contributed by atoms with van der Waals surface area (Å²) in [7, 11) is 3.08. The second-order valence-electron chi connectivity index (χ2n) is 2.82. The Morgan fingerprint density at radius 3 is 2.80 bits per heavy atom. The predicted octanol–water partition coefficient (Wildman–Crippen LogP) is 1.76. The van der Waals surface area contributed by atoms with Crippen LogP contribution in [0.5, 0.6) is 0 Å². The lowest BCUT2D eigenvalue weighted by Gasteiger charge is -2.08. The Labute approximate surface area is 97.6 Å². The average Bonchev–Trinajstić information content (AvgIpc) is 2.59. The number of nitrogens with one attached hydrogen (secondary N) is 2. The van der Waals surface area contributed by atoms with Gasteiger partial charge in [-0.05, 0) is 30.1 Å². The highest BCUT2D eigenvalue weighted by molar-refractivity contribution is 7.80. The molecule has 82 valence electrons. The maximum atomic E-state index is 11.4. The molecule has 0 aliphatic rings. The van der Waals surface area contributed by atoms with Crippen molar-refractivity contribution < 1.29 is 9.53 Å². The molecular formula is C9H12N2O2S2. The van der Waals surface area contributed by atoms with Crippen molar-refractivity contribution in [3.8, 4) is 0 Å². The summed E-state index contributed by atoms with van der Waals surface area (Å²) < 4.78 is 4.67.